The number of hydrogen-bond donors (Lipinski definition) is 2. The molecule has 1 aromatic rings. The van der Waals surface area contributed by atoms with Crippen LogP contribution in [0.5, 0.6) is 0 Å². The predicted molar refractivity (Wildman–Crippen MR) is 118 cm³/mol. The minimum absolute atomic E-state index is 0.134. The molecule has 1 aromatic carbocycles. The topological polar surface area (TPSA) is 95.6 Å². The molecule has 0 radical (unpaired) electrons. The zero-order valence-corrected chi connectivity index (χ0v) is 18.4. The molecule has 4 saturated carbocycles. The average Bonchev–Trinajstić information content (AvgIpc) is 3.01. The first-order chi connectivity index (χ1) is 15.4. The average molecular weight is 438 g/mol. The van der Waals surface area contributed by atoms with Crippen molar-refractivity contribution in [2.75, 3.05) is 19.6 Å². The van der Waals surface area contributed by atoms with Gasteiger partial charge in [0.15, 0.2) is 0 Å². The fourth-order valence-electron chi connectivity index (χ4n) is 6.88. The third-order valence-corrected chi connectivity index (χ3v) is 7.92. The minimum atomic E-state index is -0.293. The number of fused-ring (bicyclic) bond motifs is 1. The molecule has 0 unspecified atom stereocenters. The van der Waals surface area contributed by atoms with Crippen LogP contribution in [0.1, 0.15) is 72.1 Å². The molecule has 170 valence electrons. The van der Waals surface area contributed by atoms with Gasteiger partial charge in [-0.2, -0.15) is 0 Å². The fourth-order valence-corrected chi connectivity index (χ4v) is 6.88. The number of imide groups is 1. The number of rotatable bonds is 8. The smallest absolute Gasteiger partial charge is 0.261 e. The summed E-state index contributed by atoms with van der Waals surface area (Å²) in [4.78, 5) is 51.0. The molecule has 32 heavy (non-hydrogen) atoms. The molecule has 0 saturated heterocycles. The van der Waals surface area contributed by atoms with E-state index >= 15 is 0 Å². The van der Waals surface area contributed by atoms with Crippen molar-refractivity contribution in [3.05, 3.63) is 35.4 Å². The highest BCUT2D eigenvalue weighted by atomic mass is 16.2. The Kier molecular flexibility index (Phi) is 5.51. The number of benzene rings is 1. The van der Waals surface area contributed by atoms with Gasteiger partial charge in [-0.05, 0) is 74.8 Å². The van der Waals surface area contributed by atoms with Crippen LogP contribution in [-0.2, 0) is 9.59 Å². The largest absolute Gasteiger partial charge is 0.354 e. The maximum absolute atomic E-state index is 12.9. The summed E-state index contributed by atoms with van der Waals surface area (Å²) < 4.78 is 0. The van der Waals surface area contributed by atoms with Crippen LogP contribution in [-0.4, -0.2) is 48.2 Å². The molecule has 1 aliphatic heterocycles. The lowest BCUT2D eigenvalue weighted by atomic mass is 9.49. The van der Waals surface area contributed by atoms with Crippen molar-refractivity contribution in [2.24, 2.45) is 23.2 Å². The molecule has 7 heteroatoms. The number of nitrogens with zero attached hydrogens (tertiary/aromatic N) is 1. The van der Waals surface area contributed by atoms with Crippen LogP contribution < -0.4 is 10.6 Å². The molecule has 1 heterocycles. The summed E-state index contributed by atoms with van der Waals surface area (Å²) in [5, 5.41) is 5.90. The minimum Gasteiger partial charge on any atom is -0.354 e. The predicted octanol–water partition coefficient (Wildman–Crippen LogP) is 2.51. The molecule has 2 N–H and O–H groups in total. The second kappa shape index (κ2) is 8.34. The lowest BCUT2D eigenvalue weighted by Gasteiger charge is -2.55. The van der Waals surface area contributed by atoms with Gasteiger partial charge in [-0.3, -0.25) is 24.1 Å². The summed E-state index contributed by atoms with van der Waals surface area (Å²) in [5.74, 6) is 1.65. The van der Waals surface area contributed by atoms with E-state index in [4.69, 9.17) is 0 Å². The molecule has 4 bridgehead atoms. The third-order valence-electron chi connectivity index (χ3n) is 7.92. The summed E-state index contributed by atoms with van der Waals surface area (Å²) in [6, 6.07) is 6.78. The molecule has 4 aliphatic carbocycles. The molecule has 5 aliphatic rings. The summed E-state index contributed by atoms with van der Waals surface area (Å²) in [7, 11) is 0. The monoisotopic (exact) mass is 437 g/mol. The standard InChI is InChI=1S/C25H31N3O4/c29-21(6-3-9-28-22(30)19-4-1-2-5-20(19)23(28)31)26-7-8-27-24(32)25-13-16-10-17(14-25)12-18(11-16)15-25/h1-2,4-5,16-18H,3,6-15H2,(H,26,29)(H,27,32). The fraction of sp³-hybridized carbons (Fsp3) is 0.600. The van der Waals surface area contributed by atoms with Crippen molar-refractivity contribution < 1.29 is 19.2 Å². The van der Waals surface area contributed by atoms with Crippen molar-refractivity contribution in [3.8, 4) is 0 Å². The Morgan fingerprint density at radius 3 is 1.97 bits per heavy atom. The van der Waals surface area contributed by atoms with Crippen LogP contribution in [0.4, 0.5) is 0 Å². The molecular weight excluding hydrogens is 406 g/mol. The van der Waals surface area contributed by atoms with E-state index in [0.717, 1.165) is 37.0 Å². The van der Waals surface area contributed by atoms with Crippen LogP contribution in [0.25, 0.3) is 0 Å². The van der Waals surface area contributed by atoms with Crippen LogP contribution in [0, 0.1) is 23.2 Å². The lowest BCUT2D eigenvalue weighted by molar-refractivity contribution is -0.146. The normalized spacial score (nSPS) is 29.9. The Hall–Kier alpha value is -2.70. The summed E-state index contributed by atoms with van der Waals surface area (Å²) in [5.41, 5.74) is 0.693. The van der Waals surface area contributed by atoms with Crippen LogP contribution in [0.3, 0.4) is 0 Å². The second-order valence-electron chi connectivity index (χ2n) is 10.2. The Balaban J connectivity index is 1.01. The van der Waals surface area contributed by atoms with Crippen LogP contribution in [0.2, 0.25) is 0 Å². The van der Waals surface area contributed by atoms with E-state index in [1.54, 1.807) is 24.3 Å². The summed E-state index contributed by atoms with van der Waals surface area (Å²) >= 11 is 0. The maximum atomic E-state index is 12.9. The van der Waals surface area contributed by atoms with Crippen LogP contribution in [0.15, 0.2) is 24.3 Å². The van der Waals surface area contributed by atoms with Gasteiger partial charge in [-0.25, -0.2) is 0 Å². The first-order valence-electron chi connectivity index (χ1n) is 12.0. The summed E-state index contributed by atoms with van der Waals surface area (Å²) in [6.45, 7) is 1.05. The van der Waals surface area contributed by atoms with Gasteiger partial charge in [0.05, 0.1) is 11.1 Å². The van der Waals surface area contributed by atoms with Crippen molar-refractivity contribution in [2.45, 2.75) is 51.4 Å². The van der Waals surface area contributed by atoms with Crippen LogP contribution >= 0.6 is 0 Å². The first kappa shape index (κ1) is 21.2. The van der Waals surface area contributed by atoms with E-state index < -0.39 is 0 Å². The Bertz CT molecular complexity index is 886. The van der Waals surface area contributed by atoms with Crippen molar-refractivity contribution in [3.63, 3.8) is 0 Å². The molecule has 0 spiro atoms. The van der Waals surface area contributed by atoms with Gasteiger partial charge in [0, 0.05) is 31.5 Å². The van der Waals surface area contributed by atoms with E-state index in [1.807, 2.05) is 0 Å². The molecule has 0 atom stereocenters. The Morgan fingerprint density at radius 1 is 0.875 bits per heavy atom. The number of hydrogen-bond acceptors (Lipinski definition) is 4. The molecule has 4 amide bonds. The number of carbonyl (C=O) groups is 4. The van der Waals surface area contributed by atoms with Crippen molar-refractivity contribution in [1.29, 1.82) is 0 Å². The molecular formula is C25H31N3O4. The maximum Gasteiger partial charge on any atom is 0.261 e. The quantitative estimate of drug-likeness (QED) is 0.483. The first-order valence-corrected chi connectivity index (χ1v) is 12.0. The lowest BCUT2D eigenvalue weighted by Crippen LogP contribution is -2.54. The second-order valence-corrected chi connectivity index (χ2v) is 10.2. The van der Waals surface area contributed by atoms with Gasteiger partial charge >= 0.3 is 0 Å². The van der Waals surface area contributed by atoms with E-state index in [1.165, 1.54) is 24.2 Å². The van der Waals surface area contributed by atoms with E-state index in [2.05, 4.69) is 10.6 Å². The Morgan fingerprint density at radius 2 is 1.41 bits per heavy atom. The number of nitrogens with one attached hydrogen (secondary N) is 2. The van der Waals surface area contributed by atoms with Gasteiger partial charge < -0.3 is 10.6 Å². The highest BCUT2D eigenvalue weighted by Gasteiger charge is 2.54. The van der Waals surface area contributed by atoms with Gasteiger partial charge in [-0.1, -0.05) is 12.1 Å². The molecule has 0 aromatic heterocycles. The zero-order valence-electron chi connectivity index (χ0n) is 18.4. The number of amides is 4. The van der Waals surface area contributed by atoms with E-state index in [-0.39, 0.29) is 42.0 Å². The molecule has 7 nitrogen and oxygen atoms in total. The van der Waals surface area contributed by atoms with Crippen molar-refractivity contribution >= 4 is 23.6 Å². The third kappa shape index (κ3) is 3.82. The van der Waals surface area contributed by atoms with Crippen molar-refractivity contribution in [1.82, 2.24) is 15.5 Å². The SMILES string of the molecule is O=C(CCCN1C(=O)c2ccccc2C1=O)NCCNC(=O)C12CC3CC(CC(C3)C1)C2. The van der Waals surface area contributed by atoms with Gasteiger partial charge in [0.1, 0.15) is 0 Å². The van der Waals surface area contributed by atoms with Gasteiger partial charge in [0.2, 0.25) is 11.8 Å². The zero-order chi connectivity index (χ0) is 22.3. The Labute approximate surface area is 188 Å². The van der Waals surface area contributed by atoms with E-state index in [9.17, 15) is 19.2 Å². The molecule has 4 fully saturated rings. The number of carbonyl (C=O) groups excluding carboxylic acids is 4. The molecule has 6 rings (SSSR count). The van der Waals surface area contributed by atoms with Gasteiger partial charge in [0.25, 0.3) is 11.8 Å². The van der Waals surface area contributed by atoms with Gasteiger partial charge in [-0.15, -0.1) is 0 Å². The van der Waals surface area contributed by atoms with E-state index in [0.29, 0.717) is 30.6 Å². The summed E-state index contributed by atoms with van der Waals surface area (Å²) in [6.07, 6.45) is 7.68. The highest BCUT2D eigenvalue weighted by molar-refractivity contribution is 6.21. The highest BCUT2D eigenvalue weighted by Crippen LogP contribution is 2.60.